The molecule has 2 aromatic rings. The van der Waals surface area contributed by atoms with E-state index >= 15 is 0 Å². The SMILES string of the molecule is COc1cc(C)c(/C(O)=C2\C(=O)C(=O)N(CCCOC(C)C)C2c2ccccc2OC)cc1C. The van der Waals surface area contributed by atoms with Crippen molar-refractivity contribution >= 4 is 17.4 Å². The summed E-state index contributed by atoms with van der Waals surface area (Å²) in [5.74, 6) is -0.360. The van der Waals surface area contributed by atoms with Gasteiger partial charge in [-0.3, -0.25) is 9.59 Å². The normalized spacial score (nSPS) is 17.5. The molecular weight excluding hydrogens is 434 g/mol. The van der Waals surface area contributed by atoms with Crippen LogP contribution in [0.5, 0.6) is 11.5 Å². The molecule has 0 bridgehead atoms. The topological polar surface area (TPSA) is 85.3 Å². The van der Waals surface area contributed by atoms with Crippen LogP contribution in [-0.4, -0.2) is 55.2 Å². The Bertz CT molecular complexity index is 1100. The maximum absolute atomic E-state index is 13.3. The van der Waals surface area contributed by atoms with Crippen LogP contribution in [0.4, 0.5) is 0 Å². The van der Waals surface area contributed by atoms with Gasteiger partial charge in [-0.2, -0.15) is 0 Å². The number of aliphatic hydroxyl groups excluding tert-OH is 1. The van der Waals surface area contributed by atoms with Crippen molar-refractivity contribution in [1.29, 1.82) is 0 Å². The summed E-state index contributed by atoms with van der Waals surface area (Å²) in [6, 6.07) is 10.0. The number of nitrogens with zero attached hydrogens (tertiary/aromatic N) is 1. The van der Waals surface area contributed by atoms with E-state index in [2.05, 4.69) is 0 Å². The second-order valence-electron chi connectivity index (χ2n) is 8.64. The number of para-hydroxylation sites is 1. The molecule has 0 spiro atoms. The average molecular weight is 468 g/mol. The van der Waals surface area contributed by atoms with Crippen molar-refractivity contribution in [3.05, 3.63) is 64.2 Å². The first-order chi connectivity index (χ1) is 16.2. The van der Waals surface area contributed by atoms with E-state index in [-0.39, 0.29) is 17.4 Å². The van der Waals surface area contributed by atoms with E-state index in [4.69, 9.17) is 14.2 Å². The first kappa shape index (κ1) is 25.3. The molecule has 1 amide bonds. The third-order valence-electron chi connectivity index (χ3n) is 5.96. The summed E-state index contributed by atoms with van der Waals surface area (Å²) in [6.45, 7) is 8.34. The monoisotopic (exact) mass is 467 g/mol. The van der Waals surface area contributed by atoms with Crippen molar-refractivity contribution in [1.82, 2.24) is 4.90 Å². The van der Waals surface area contributed by atoms with E-state index in [0.717, 1.165) is 11.1 Å². The number of rotatable bonds is 9. The summed E-state index contributed by atoms with van der Waals surface area (Å²) in [4.78, 5) is 27.9. The van der Waals surface area contributed by atoms with Crippen molar-refractivity contribution in [3.8, 4) is 11.5 Å². The molecule has 7 nitrogen and oxygen atoms in total. The number of ether oxygens (including phenoxy) is 3. The molecule has 182 valence electrons. The Labute approximate surface area is 200 Å². The minimum Gasteiger partial charge on any atom is -0.507 e. The number of carbonyl (C=O) groups excluding carboxylic acids is 2. The van der Waals surface area contributed by atoms with Crippen LogP contribution in [0, 0.1) is 13.8 Å². The van der Waals surface area contributed by atoms with Crippen molar-refractivity contribution in [2.45, 2.75) is 46.3 Å². The van der Waals surface area contributed by atoms with Gasteiger partial charge in [0.1, 0.15) is 17.3 Å². The zero-order chi connectivity index (χ0) is 25.0. The molecular formula is C27H33NO6. The second kappa shape index (κ2) is 10.7. The minimum atomic E-state index is -0.781. The van der Waals surface area contributed by atoms with Gasteiger partial charge in [-0.15, -0.1) is 0 Å². The summed E-state index contributed by atoms with van der Waals surface area (Å²) < 4.78 is 16.5. The zero-order valence-electron chi connectivity index (χ0n) is 20.7. The fourth-order valence-corrected chi connectivity index (χ4v) is 4.29. The highest BCUT2D eigenvalue weighted by molar-refractivity contribution is 6.46. The van der Waals surface area contributed by atoms with Crippen LogP contribution in [0.3, 0.4) is 0 Å². The van der Waals surface area contributed by atoms with Crippen LogP contribution < -0.4 is 9.47 Å². The van der Waals surface area contributed by atoms with Gasteiger partial charge in [-0.1, -0.05) is 18.2 Å². The van der Waals surface area contributed by atoms with Gasteiger partial charge in [-0.05, 0) is 63.4 Å². The Hall–Kier alpha value is -3.32. The van der Waals surface area contributed by atoms with Gasteiger partial charge in [0.25, 0.3) is 11.7 Å². The largest absolute Gasteiger partial charge is 0.507 e. The van der Waals surface area contributed by atoms with Crippen LogP contribution >= 0.6 is 0 Å². The lowest BCUT2D eigenvalue weighted by molar-refractivity contribution is -0.140. The molecule has 1 aliphatic heterocycles. The van der Waals surface area contributed by atoms with E-state index < -0.39 is 17.7 Å². The lowest BCUT2D eigenvalue weighted by Crippen LogP contribution is -2.31. The molecule has 1 saturated heterocycles. The highest BCUT2D eigenvalue weighted by atomic mass is 16.5. The predicted molar refractivity (Wildman–Crippen MR) is 130 cm³/mol. The molecule has 0 aromatic heterocycles. The fraction of sp³-hybridized carbons (Fsp3) is 0.407. The quantitative estimate of drug-likeness (QED) is 0.252. The highest BCUT2D eigenvalue weighted by Gasteiger charge is 2.46. The maximum Gasteiger partial charge on any atom is 0.295 e. The van der Waals surface area contributed by atoms with Crippen molar-refractivity contribution < 1.29 is 28.9 Å². The molecule has 2 aromatic carbocycles. The minimum absolute atomic E-state index is 0.0481. The van der Waals surface area contributed by atoms with E-state index in [9.17, 15) is 14.7 Å². The van der Waals surface area contributed by atoms with E-state index in [1.54, 1.807) is 26.4 Å². The Morgan fingerprint density at radius 1 is 1.03 bits per heavy atom. The van der Waals surface area contributed by atoms with Gasteiger partial charge >= 0.3 is 0 Å². The number of hydrogen-bond donors (Lipinski definition) is 1. The Balaban J connectivity index is 2.15. The number of benzene rings is 2. The second-order valence-corrected chi connectivity index (χ2v) is 8.64. The number of methoxy groups -OCH3 is 2. The van der Waals surface area contributed by atoms with Crippen LogP contribution in [0.2, 0.25) is 0 Å². The number of likely N-dealkylation sites (tertiary alicyclic amines) is 1. The number of carbonyl (C=O) groups is 2. The number of ketones is 1. The molecule has 3 rings (SSSR count). The van der Waals surface area contributed by atoms with Crippen LogP contribution in [0.1, 0.15) is 48.6 Å². The summed E-state index contributed by atoms with van der Waals surface area (Å²) in [5.41, 5.74) is 2.71. The number of hydrogen-bond acceptors (Lipinski definition) is 6. The molecule has 1 aliphatic rings. The zero-order valence-corrected chi connectivity index (χ0v) is 20.7. The van der Waals surface area contributed by atoms with Crippen molar-refractivity contribution in [2.24, 2.45) is 0 Å². The number of aliphatic hydroxyl groups is 1. The fourth-order valence-electron chi connectivity index (χ4n) is 4.29. The molecule has 0 saturated carbocycles. The van der Waals surface area contributed by atoms with Gasteiger partial charge in [0.05, 0.1) is 31.9 Å². The number of Topliss-reactive ketones (excluding diaryl/α,β-unsaturated/α-hetero) is 1. The first-order valence-electron chi connectivity index (χ1n) is 11.4. The lowest BCUT2D eigenvalue weighted by Gasteiger charge is -2.27. The number of amides is 1. The van der Waals surface area contributed by atoms with Crippen molar-refractivity contribution in [3.63, 3.8) is 0 Å². The van der Waals surface area contributed by atoms with Crippen LogP contribution in [-0.2, 0) is 14.3 Å². The summed E-state index contributed by atoms with van der Waals surface area (Å²) >= 11 is 0. The van der Waals surface area contributed by atoms with Crippen LogP contribution in [0.15, 0.2) is 42.0 Å². The summed E-state index contributed by atoms with van der Waals surface area (Å²) in [6.07, 6.45) is 0.624. The van der Waals surface area contributed by atoms with Gasteiger partial charge in [0, 0.05) is 24.3 Å². The third kappa shape index (κ3) is 4.94. The maximum atomic E-state index is 13.3. The summed E-state index contributed by atoms with van der Waals surface area (Å²) in [5, 5.41) is 11.4. The molecule has 1 unspecified atom stereocenters. The molecule has 0 aliphatic carbocycles. The Morgan fingerprint density at radius 3 is 2.35 bits per heavy atom. The third-order valence-corrected chi connectivity index (χ3v) is 5.96. The van der Waals surface area contributed by atoms with Gasteiger partial charge < -0.3 is 24.2 Å². The Kier molecular flexibility index (Phi) is 7.99. The molecule has 1 N–H and O–H groups in total. The smallest absolute Gasteiger partial charge is 0.295 e. The molecule has 7 heteroatoms. The Morgan fingerprint density at radius 2 is 1.71 bits per heavy atom. The lowest BCUT2D eigenvalue weighted by atomic mass is 9.92. The van der Waals surface area contributed by atoms with Gasteiger partial charge in [0.2, 0.25) is 0 Å². The first-order valence-corrected chi connectivity index (χ1v) is 11.4. The average Bonchev–Trinajstić information content (AvgIpc) is 3.07. The van der Waals surface area contributed by atoms with Crippen molar-refractivity contribution in [2.75, 3.05) is 27.4 Å². The van der Waals surface area contributed by atoms with Gasteiger partial charge in [-0.25, -0.2) is 0 Å². The highest BCUT2D eigenvalue weighted by Crippen LogP contribution is 2.43. The predicted octanol–water partition coefficient (Wildman–Crippen LogP) is 4.56. The molecule has 0 radical (unpaired) electrons. The van der Waals surface area contributed by atoms with Gasteiger partial charge in [0.15, 0.2) is 0 Å². The summed E-state index contributed by atoms with van der Waals surface area (Å²) in [7, 11) is 3.12. The van der Waals surface area contributed by atoms with E-state index in [1.165, 1.54) is 4.90 Å². The van der Waals surface area contributed by atoms with E-state index in [1.807, 2.05) is 52.0 Å². The number of aryl methyl sites for hydroxylation is 2. The molecule has 1 atom stereocenters. The molecule has 34 heavy (non-hydrogen) atoms. The van der Waals surface area contributed by atoms with E-state index in [0.29, 0.717) is 42.2 Å². The molecule has 1 fully saturated rings. The molecule has 1 heterocycles. The standard InChI is InChI=1S/C27H33NO6/c1-16(2)34-13-9-12-28-24(19-10-7-8-11-21(19)32-5)23(26(30)27(28)31)25(29)20-14-18(4)22(33-6)15-17(20)3/h7-8,10-11,14-16,24,29H,9,12-13H2,1-6H3/b25-23+. The van der Waals surface area contributed by atoms with Crippen LogP contribution in [0.25, 0.3) is 5.76 Å².